The lowest BCUT2D eigenvalue weighted by Crippen LogP contribution is -2.44. The second kappa shape index (κ2) is 14.3. The number of benzene rings is 2. The molecule has 10 heteroatoms. The summed E-state index contributed by atoms with van der Waals surface area (Å²) in [7, 11) is 0. The lowest BCUT2D eigenvalue weighted by molar-refractivity contribution is -0.139. The standard InChI is InChI=1S/C36H43N5O5/c1-25(2)10-9-11-26(3)17-20-40-31-16-15-29(41-32-13-5-6-14-33(32)46-24-34(41)43)22-30(31)36(45,35(40)44)27(4)12-7-8-19-39-23-28(18-21-42)37-38-39/h5-7,10,12-17,22-23,27,42,45H,8-9,11,18-21,24H2,1-4H3/b12-7+,26-17+/t27-,36+/m0/s1. The van der Waals surface area contributed by atoms with Crippen molar-refractivity contribution in [2.45, 2.75) is 65.5 Å². The van der Waals surface area contributed by atoms with Gasteiger partial charge in [0.05, 0.1) is 17.1 Å². The smallest absolute Gasteiger partial charge is 0.269 e. The minimum absolute atomic E-state index is 0.0143. The van der Waals surface area contributed by atoms with Crippen LogP contribution in [-0.4, -0.2) is 56.8 Å². The zero-order chi connectivity index (χ0) is 32.8. The Hall–Kier alpha value is -4.54. The number of aryl methyl sites for hydroxylation is 1. The number of anilines is 3. The van der Waals surface area contributed by atoms with Crippen LogP contribution < -0.4 is 14.5 Å². The van der Waals surface area contributed by atoms with Gasteiger partial charge in [-0.1, -0.05) is 59.7 Å². The topological polar surface area (TPSA) is 121 Å². The van der Waals surface area contributed by atoms with Gasteiger partial charge in [0.2, 0.25) is 0 Å². The summed E-state index contributed by atoms with van der Waals surface area (Å²) in [6.07, 6.45) is 12.7. The van der Waals surface area contributed by atoms with Crippen molar-refractivity contribution in [3.8, 4) is 5.75 Å². The van der Waals surface area contributed by atoms with E-state index < -0.39 is 17.4 Å². The van der Waals surface area contributed by atoms with Crippen LogP contribution in [0.4, 0.5) is 17.1 Å². The highest BCUT2D eigenvalue weighted by atomic mass is 16.5. The molecule has 0 saturated carbocycles. The number of hydrogen-bond acceptors (Lipinski definition) is 7. The third-order valence-electron chi connectivity index (χ3n) is 8.49. The highest BCUT2D eigenvalue weighted by Gasteiger charge is 2.52. The molecule has 2 amide bonds. The van der Waals surface area contributed by atoms with E-state index in [9.17, 15) is 14.7 Å². The van der Waals surface area contributed by atoms with Crippen LogP contribution in [0.3, 0.4) is 0 Å². The average Bonchev–Trinajstić information content (AvgIpc) is 3.57. The van der Waals surface area contributed by atoms with Gasteiger partial charge < -0.3 is 19.8 Å². The zero-order valence-corrected chi connectivity index (χ0v) is 27.0. The van der Waals surface area contributed by atoms with Gasteiger partial charge in [-0.3, -0.25) is 19.2 Å². The van der Waals surface area contributed by atoms with Crippen LogP contribution in [0.1, 0.15) is 58.2 Å². The van der Waals surface area contributed by atoms with Crippen molar-refractivity contribution in [3.63, 3.8) is 0 Å². The summed E-state index contributed by atoms with van der Waals surface area (Å²) in [6.45, 7) is 8.85. The lowest BCUT2D eigenvalue weighted by Gasteiger charge is -2.31. The normalized spacial score (nSPS) is 18.5. The maximum absolute atomic E-state index is 14.2. The molecule has 0 bridgehead atoms. The lowest BCUT2D eigenvalue weighted by atomic mass is 9.82. The van der Waals surface area contributed by atoms with E-state index in [-0.39, 0.29) is 19.1 Å². The number of ether oxygens (including phenoxy) is 1. The molecule has 2 aliphatic heterocycles. The molecule has 0 saturated heterocycles. The number of allylic oxidation sites excluding steroid dienone is 4. The SMILES string of the molecule is CC(C)=CCC/C(C)=C/CN1C(=O)[C@@](O)([C@@H](C)/C=C/CCn2cc(CCO)nn2)c2cc(N3C(=O)COc4ccccc43)ccc21. The van der Waals surface area contributed by atoms with E-state index in [1.807, 2.05) is 61.5 Å². The van der Waals surface area contributed by atoms with Crippen molar-refractivity contribution in [1.82, 2.24) is 15.0 Å². The fourth-order valence-electron chi connectivity index (χ4n) is 5.90. The molecule has 0 spiro atoms. The van der Waals surface area contributed by atoms with E-state index in [0.717, 1.165) is 24.1 Å². The summed E-state index contributed by atoms with van der Waals surface area (Å²) in [4.78, 5) is 30.5. The first-order valence-corrected chi connectivity index (χ1v) is 15.8. The number of rotatable bonds is 13. The Morgan fingerprint density at radius 1 is 1.09 bits per heavy atom. The zero-order valence-electron chi connectivity index (χ0n) is 27.0. The summed E-state index contributed by atoms with van der Waals surface area (Å²) in [5.41, 5.74) is 3.57. The van der Waals surface area contributed by atoms with Gasteiger partial charge >= 0.3 is 0 Å². The minimum atomic E-state index is -1.85. The molecule has 3 heterocycles. The van der Waals surface area contributed by atoms with Crippen molar-refractivity contribution in [1.29, 1.82) is 0 Å². The van der Waals surface area contributed by atoms with Gasteiger partial charge in [0.25, 0.3) is 11.8 Å². The predicted octanol–water partition coefficient (Wildman–Crippen LogP) is 5.38. The van der Waals surface area contributed by atoms with Crippen molar-refractivity contribution < 1.29 is 24.5 Å². The van der Waals surface area contributed by atoms with Crippen LogP contribution in [0.25, 0.3) is 0 Å². The molecule has 0 aliphatic carbocycles. The van der Waals surface area contributed by atoms with Gasteiger partial charge in [0, 0.05) is 49.5 Å². The first-order chi connectivity index (χ1) is 22.1. The third kappa shape index (κ3) is 6.83. The number of para-hydroxylation sites is 2. The summed E-state index contributed by atoms with van der Waals surface area (Å²) in [5.74, 6) is -0.614. The fraction of sp³-hybridized carbons (Fsp3) is 0.389. The number of aromatic nitrogens is 3. The second-order valence-corrected chi connectivity index (χ2v) is 12.2. The van der Waals surface area contributed by atoms with Crippen LogP contribution in [0.5, 0.6) is 5.75 Å². The molecule has 2 atom stereocenters. The van der Waals surface area contributed by atoms with Gasteiger partial charge in [-0.05, 0) is 70.4 Å². The summed E-state index contributed by atoms with van der Waals surface area (Å²) < 4.78 is 7.36. The molecule has 5 rings (SSSR count). The maximum Gasteiger partial charge on any atom is 0.269 e. The molecule has 10 nitrogen and oxygen atoms in total. The Morgan fingerprint density at radius 2 is 1.89 bits per heavy atom. The first-order valence-electron chi connectivity index (χ1n) is 15.8. The molecule has 2 N–H and O–H groups in total. The highest BCUT2D eigenvalue weighted by molar-refractivity contribution is 6.09. The Morgan fingerprint density at radius 3 is 2.67 bits per heavy atom. The van der Waals surface area contributed by atoms with E-state index in [0.29, 0.717) is 54.3 Å². The Bertz CT molecular complexity index is 1670. The number of hydrogen-bond donors (Lipinski definition) is 2. The maximum atomic E-state index is 14.2. The molecule has 0 fully saturated rings. The average molecular weight is 626 g/mol. The van der Waals surface area contributed by atoms with Gasteiger partial charge in [-0.25, -0.2) is 0 Å². The van der Waals surface area contributed by atoms with Crippen LogP contribution in [-0.2, 0) is 28.2 Å². The van der Waals surface area contributed by atoms with Crippen molar-refractivity contribution in [3.05, 3.63) is 95.4 Å². The first kappa shape index (κ1) is 32.8. The predicted molar refractivity (Wildman–Crippen MR) is 178 cm³/mol. The third-order valence-corrected chi connectivity index (χ3v) is 8.49. The number of fused-ring (bicyclic) bond motifs is 2. The molecule has 2 aromatic carbocycles. The number of carbonyl (C=O) groups is 2. The van der Waals surface area contributed by atoms with Crippen molar-refractivity contribution in [2.24, 2.45) is 5.92 Å². The molecule has 0 unspecified atom stereocenters. The van der Waals surface area contributed by atoms with E-state index >= 15 is 0 Å². The Labute approximate surface area is 270 Å². The Kier molecular flexibility index (Phi) is 10.2. The summed E-state index contributed by atoms with van der Waals surface area (Å²) in [6, 6.07) is 12.7. The fourth-order valence-corrected chi connectivity index (χ4v) is 5.90. The summed E-state index contributed by atoms with van der Waals surface area (Å²) in [5, 5.41) is 29.6. The molecule has 3 aromatic rings. The quantitative estimate of drug-likeness (QED) is 0.245. The number of aliphatic hydroxyl groups is 2. The molecular formula is C36H43N5O5. The molecule has 46 heavy (non-hydrogen) atoms. The second-order valence-electron chi connectivity index (χ2n) is 12.2. The molecule has 0 radical (unpaired) electrons. The molecule has 2 aliphatic rings. The molecular weight excluding hydrogens is 582 g/mol. The van der Waals surface area contributed by atoms with Gasteiger partial charge in [-0.15, -0.1) is 5.10 Å². The molecule has 1 aromatic heterocycles. The molecule has 242 valence electrons. The Balaban J connectivity index is 1.44. The summed E-state index contributed by atoms with van der Waals surface area (Å²) >= 11 is 0. The minimum Gasteiger partial charge on any atom is -0.482 e. The van der Waals surface area contributed by atoms with Crippen LogP contribution in [0, 0.1) is 5.92 Å². The van der Waals surface area contributed by atoms with E-state index in [2.05, 4.69) is 37.2 Å². The van der Waals surface area contributed by atoms with Crippen LogP contribution in [0.2, 0.25) is 0 Å². The monoisotopic (exact) mass is 625 g/mol. The number of carbonyl (C=O) groups excluding carboxylic acids is 2. The number of nitrogens with zero attached hydrogens (tertiary/aromatic N) is 5. The van der Waals surface area contributed by atoms with Crippen LogP contribution >= 0.6 is 0 Å². The highest BCUT2D eigenvalue weighted by Crippen LogP contribution is 2.48. The van der Waals surface area contributed by atoms with Crippen LogP contribution in [0.15, 0.2) is 84.1 Å². The van der Waals surface area contributed by atoms with Crippen molar-refractivity contribution >= 4 is 28.9 Å². The van der Waals surface area contributed by atoms with Gasteiger partial charge in [0.1, 0.15) is 5.75 Å². The van der Waals surface area contributed by atoms with Gasteiger partial charge in [-0.2, -0.15) is 0 Å². The van der Waals surface area contributed by atoms with Crippen molar-refractivity contribution in [2.75, 3.05) is 29.6 Å². The van der Waals surface area contributed by atoms with E-state index in [1.165, 1.54) is 5.57 Å². The van der Waals surface area contributed by atoms with E-state index in [1.54, 1.807) is 26.7 Å². The number of aliphatic hydroxyl groups excluding tert-OH is 1. The number of amides is 2. The van der Waals surface area contributed by atoms with Gasteiger partial charge in [0.15, 0.2) is 12.2 Å². The van der Waals surface area contributed by atoms with E-state index in [4.69, 9.17) is 9.84 Å². The largest absolute Gasteiger partial charge is 0.482 e.